The van der Waals surface area contributed by atoms with Crippen LogP contribution in [-0.4, -0.2) is 20.6 Å². The van der Waals surface area contributed by atoms with Crippen molar-refractivity contribution in [3.05, 3.63) is 75.1 Å². The summed E-state index contributed by atoms with van der Waals surface area (Å²) < 4.78 is 7.16. The molecule has 27 heavy (non-hydrogen) atoms. The smallest absolute Gasteiger partial charge is 0.275 e. The van der Waals surface area contributed by atoms with Gasteiger partial charge in [0.2, 0.25) is 0 Å². The first-order valence-corrected chi connectivity index (χ1v) is 8.24. The zero-order valence-electron chi connectivity index (χ0n) is 14.5. The zero-order valence-corrected chi connectivity index (χ0v) is 15.2. The van der Waals surface area contributed by atoms with Gasteiger partial charge in [-0.25, -0.2) is 0 Å². The molecule has 1 N–H and O–H groups in total. The number of amides is 1. The van der Waals surface area contributed by atoms with Crippen molar-refractivity contribution >= 4 is 28.9 Å². The van der Waals surface area contributed by atoms with Crippen LogP contribution in [0.3, 0.4) is 0 Å². The number of nitrogens with zero attached hydrogens (tertiary/aromatic N) is 3. The first kappa shape index (κ1) is 18.4. The van der Waals surface area contributed by atoms with E-state index >= 15 is 0 Å². The van der Waals surface area contributed by atoms with Crippen molar-refractivity contribution in [3.63, 3.8) is 0 Å². The van der Waals surface area contributed by atoms with E-state index < -0.39 is 10.8 Å². The van der Waals surface area contributed by atoms with Crippen LogP contribution >= 0.6 is 11.6 Å². The van der Waals surface area contributed by atoms with Crippen molar-refractivity contribution in [1.82, 2.24) is 9.78 Å². The van der Waals surface area contributed by atoms with Crippen molar-refractivity contribution in [2.45, 2.75) is 6.92 Å². The molecule has 0 spiro atoms. The lowest BCUT2D eigenvalue weighted by molar-refractivity contribution is -0.384. The highest BCUT2D eigenvalue weighted by atomic mass is 35.5. The summed E-state index contributed by atoms with van der Waals surface area (Å²) in [6, 6.07) is 10.6. The van der Waals surface area contributed by atoms with Gasteiger partial charge in [-0.1, -0.05) is 11.6 Å². The van der Waals surface area contributed by atoms with E-state index in [-0.39, 0.29) is 17.1 Å². The Morgan fingerprint density at radius 3 is 2.67 bits per heavy atom. The van der Waals surface area contributed by atoms with Gasteiger partial charge in [-0.3, -0.25) is 19.6 Å². The van der Waals surface area contributed by atoms with Crippen molar-refractivity contribution in [2.75, 3.05) is 5.32 Å². The van der Waals surface area contributed by atoms with E-state index in [2.05, 4.69) is 10.4 Å². The number of aryl methyl sites for hydroxylation is 2. The van der Waals surface area contributed by atoms with Crippen LogP contribution in [0, 0.1) is 17.0 Å². The second-order valence-electron chi connectivity index (χ2n) is 5.78. The molecular weight excluding hydrogens is 372 g/mol. The standard InChI is InChI=1S/C18H15ClN4O4/c1-11-7-12(19)3-4-17(11)27-15-9-13(8-14(10-15)23(25)26)21-18(24)16-5-6-20-22(16)2/h3-10H,1-2H3,(H,21,24). The summed E-state index contributed by atoms with van der Waals surface area (Å²) in [7, 11) is 1.63. The fourth-order valence-electron chi connectivity index (χ4n) is 2.47. The molecule has 0 saturated carbocycles. The summed E-state index contributed by atoms with van der Waals surface area (Å²) in [5.41, 5.74) is 1.11. The summed E-state index contributed by atoms with van der Waals surface area (Å²) >= 11 is 5.93. The highest BCUT2D eigenvalue weighted by molar-refractivity contribution is 6.30. The largest absolute Gasteiger partial charge is 0.457 e. The van der Waals surface area contributed by atoms with E-state index in [4.69, 9.17) is 16.3 Å². The minimum absolute atomic E-state index is 0.209. The van der Waals surface area contributed by atoms with Crippen molar-refractivity contribution in [3.8, 4) is 11.5 Å². The Balaban J connectivity index is 1.92. The molecule has 0 atom stereocenters. The van der Waals surface area contributed by atoms with E-state index in [9.17, 15) is 14.9 Å². The number of hydrogen-bond acceptors (Lipinski definition) is 5. The van der Waals surface area contributed by atoms with E-state index in [0.29, 0.717) is 16.5 Å². The topological polar surface area (TPSA) is 99.3 Å². The van der Waals surface area contributed by atoms with Gasteiger partial charge in [-0.15, -0.1) is 0 Å². The summed E-state index contributed by atoms with van der Waals surface area (Å²) in [5, 5.41) is 18.4. The van der Waals surface area contributed by atoms with Gasteiger partial charge in [0, 0.05) is 30.4 Å². The van der Waals surface area contributed by atoms with Gasteiger partial charge in [-0.05, 0) is 36.8 Å². The van der Waals surface area contributed by atoms with Crippen molar-refractivity contribution in [1.29, 1.82) is 0 Å². The lowest BCUT2D eigenvalue weighted by atomic mass is 10.2. The Morgan fingerprint density at radius 1 is 1.26 bits per heavy atom. The summed E-state index contributed by atoms with van der Waals surface area (Å²) in [6.07, 6.45) is 1.49. The molecule has 0 bridgehead atoms. The number of carbonyl (C=O) groups is 1. The number of nitro groups is 1. The molecule has 3 aromatic rings. The quantitative estimate of drug-likeness (QED) is 0.519. The number of aromatic nitrogens is 2. The second-order valence-corrected chi connectivity index (χ2v) is 6.22. The average Bonchev–Trinajstić information content (AvgIpc) is 3.03. The van der Waals surface area contributed by atoms with E-state index in [1.165, 1.54) is 29.1 Å². The molecule has 0 radical (unpaired) electrons. The first-order valence-electron chi connectivity index (χ1n) is 7.86. The maximum atomic E-state index is 12.3. The number of hydrogen-bond donors (Lipinski definition) is 1. The molecule has 0 aliphatic carbocycles. The third-order valence-corrected chi connectivity index (χ3v) is 4.01. The molecule has 0 aliphatic heterocycles. The molecule has 1 amide bonds. The number of rotatable bonds is 5. The maximum absolute atomic E-state index is 12.3. The normalized spacial score (nSPS) is 10.5. The third kappa shape index (κ3) is 4.24. The predicted octanol–water partition coefficient (Wildman–Crippen LogP) is 4.33. The molecule has 9 heteroatoms. The fraction of sp³-hybridized carbons (Fsp3) is 0.111. The molecule has 0 fully saturated rings. The Labute approximate surface area is 159 Å². The van der Waals surface area contributed by atoms with E-state index in [0.717, 1.165) is 5.56 Å². The summed E-state index contributed by atoms with van der Waals surface area (Å²) in [5.74, 6) is 0.280. The van der Waals surface area contributed by atoms with Gasteiger partial charge in [0.15, 0.2) is 0 Å². The van der Waals surface area contributed by atoms with Gasteiger partial charge in [0.25, 0.3) is 11.6 Å². The lowest BCUT2D eigenvalue weighted by Gasteiger charge is -2.11. The number of ether oxygens (including phenoxy) is 1. The number of nitrogens with one attached hydrogen (secondary N) is 1. The number of carbonyl (C=O) groups excluding carboxylic acids is 1. The van der Waals surface area contributed by atoms with Gasteiger partial charge < -0.3 is 10.1 Å². The summed E-state index contributed by atoms with van der Waals surface area (Å²) in [4.78, 5) is 23.0. The van der Waals surface area contributed by atoms with Gasteiger partial charge in [0.1, 0.15) is 17.2 Å². The monoisotopic (exact) mass is 386 g/mol. The SMILES string of the molecule is Cc1cc(Cl)ccc1Oc1cc(NC(=O)c2ccnn2C)cc([N+](=O)[O-])c1. The predicted molar refractivity (Wildman–Crippen MR) is 101 cm³/mol. The molecule has 1 aromatic heterocycles. The Bertz CT molecular complexity index is 1030. The van der Waals surface area contributed by atoms with Crippen LogP contribution in [0.4, 0.5) is 11.4 Å². The molecular formula is C18H15ClN4O4. The van der Waals surface area contributed by atoms with Crippen LogP contribution in [0.25, 0.3) is 0 Å². The number of non-ortho nitro benzene ring substituents is 1. The maximum Gasteiger partial charge on any atom is 0.275 e. The fourth-order valence-corrected chi connectivity index (χ4v) is 2.69. The molecule has 138 valence electrons. The molecule has 0 saturated heterocycles. The number of halogens is 1. The zero-order chi connectivity index (χ0) is 19.6. The van der Waals surface area contributed by atoms with E-state index in [1.54, 1.807) is 31.3 Å². The van der Waals surface area contributed by atoms with Crippen LogP contribution in [0.1, 0.15) is 16.1 Å². The molecule has 0 unspecified atom stereocenters. The number of benzene rings is 2. The van der Waals surface area contributed by atoms with Gasteiger partial charge in [0.05, 0.1) is 16.7 Å². The second kappa shape index (κ2) is 7.46. The van der Waals surface area contributed by atoms with Crippen LogP contribution in [0.2, 0.25) is 5.02 Å². The number of anilines is 1. The minimum atomic E-state index is -0.554. The van der Waals surface area contributed by atoms with Crippen LogP contribution in [0.5, 0.6) is 11.5 Å². The minimum Gasteiger partial charge on any atom is -0.457 e. The number of nitro benzene ring substituents is 1. The highest BCUT2D eigenvalue weighted by Gasteiger charge is 2.16. The van der Waals surface area contributed by atoms with Crippen molar-refractivity contribution in [2.24, 2.45) is 7.05 Å². The molecule has 3 rings (SSSR count). The van der Waals surface area contributed by atoms with Crippen LogP contribution < -0.4 is 10.1 Å². The molecule has 0 aliphatic rings. The van der Waals surface area contributed by atoms with E-state index in [1.807, 2.05) is 6.92 Å². The van der Waals surface area contributed by atoms with Crippen molar-refractivity contribution < 1.29 is 14.5 Å². The molecule has 2 aromatic carbocycles. The highest BCUT2D eigenvalue weighted by Crippen LogP contribution is 2.32. The molecule has 8 nitrogen and oxygen atoms in total. The Morgan fingerprint density at radius 2 is 2.04 bits per heavy atom. The van der Waals surface area contributed by atoms with Crippen LogP contribution in [-0.2, 0) is 7.05 Å². The first-order chi connectivity index (χ1) is 12.8. The van der Waals surface area contributed by atoms with Crippen LogP contribution in [0.15, 0.2) is 48.7 Å². The average molecular weight is 387 g/mol. The Kier molecular flexibility index (Phi) is 5.09. The summed E-state index contributed by atoms with van der Waals surface area (Å²) in [6.45, 7) is 1.81. The third-order valence-electron chi connectivity index (χ3n) is 3.78. The lowest BCUT2D eigenvalue weighted by Crippen LogP contribution is -2.16. The van der Waals surface area contributed by atoms with Gasteiger partial charge >= 0.3 is 0 Å². The Hall–Kier alpha value is -3.39. The van der Waals surface area contributed by atoms with Gasteiger partial charge in [-0.2, -0.15) is 5.10 Å². The molecule has 1 heterocycles.